The molecule has 1 amide bonds. The zero-order valence-corrected chi connectivity index (χ0v) is 18.4. The molecule has 6 nitrogen and oxygen atoms in total. The number of hydrogen-bond donors (Lipinski definition) is 0. The zero-order chi connectivity index (χ0) is 21.4. The minimum atomic E-state index is -3.46. The van der Waals surface area contributed by atoms with Crippen molar-refractivity contribution in [3.8, 4) is 0 Å². The van der Waals surface area contributed by atoms with Gasteiger partial charge in [0.15, 0.2) is 0 Å². The highest BCUT2D eigenvalue weighted by atomic mass is 32.2. The minimum absolute atomic E-state index is 0.0257. The van der Waals surface area contributed by atoms with Gasteiger partial charge in [0.25, 0.3) is 0 Å². The molecule has 31 heavy (non-hydrogen) atoms. The number of benzene rings is 2. The molecule has 2 aromatic carbocycles. The van der Waals surface area contributed by atoms with Crippen molar-refractivity contribution in [2.75, 3.05) is 31.1 Å². The SMILES string of the molecule is O=C(CC1OCCc2ccccc21)N1CCCc2cc(S(=O)(=O)N3CCCC3)ccc21. The molecule has 0 saturated carbocycles. The summed E-state index contributed by atoms with van der Waals surface area (Å²) in [5, 5.41) is 0. The van der Waals surface area contributed by atoms with E-state index in [4.69, 9.17) is 4.74 Å². The number of sulfonamides is 1. The van der Waals surface area contributed by atoms with Gasteiger partial charge in [0.1, 0.15) is 0 Å². The fourth-order valence-electron chi connectivity index (χ4n) is 4.99. The summed E-state index contributed by atoms with van der Waals surface area (Å²) < 4.78 is 33.4. The number of carbonyl (C=O) groups is 1. The van der Waals surface area contributed by atoms with Gasteiger partial charge in [-0.25, -0.2) is 8.42 Å². The van der Waals surface area contributed by atoms with Crippen molar-refractivity contribution in [3.63, 3.8) is 0 Å². The van der Waals surface area contributed by atoms with Crippen LogP contribution < -0.4 is 4.90 Å². The third kappa shape index (κ3) is 3.90. The largest absolute Gasteiger partial charge is 0.373 e. The molecule has 164 valence electrons. The second-order valence-corrected chi connectivity index (χ2v) is 10.5. The van der Waals surface area contributed by atoms with E-state index in [-0.39, 0.29) is 12.0 Å². The van der Waals surface area contributed by atoms with Crippen LogP contribution in [0.3, 0.4) is 0 Å². The molecule has 1 fully saturated rings. The molecule has 1 unspecified atom stereocenters. The van der Waals surface area contributed by atoms with Gasteiger partial charge in [-0.1, -0.05) is 24.3 Å². The molecule has 0 spiro atoms. The highest BCUT2D eigenvalue weighted by molar-refractivity contribution is 7.89. The normalized spacial score (nSPS) is 21.5. The van der Waals surface area contributed by atoms with Crippen LogP contribution in [0, 0.1) is 0 Å². The first-order valence-electron chi connectivity index (χ1n) is 11.2. The average molecular weight is 441 g/mol. The summed E-state index contributed by atoms with van der Waals surface area (Å²) in [6.45, 7) is 2.46. The first kappa shape index (κ1) is 20.7. The Morgan fingerprint density at radius 3 is 2.61 bits per heavy atom. The Hall–Kier alpha value is -2.22. The Bertz CT molecular complexity index is 1090. The van der Waals surface area contributed by atoms with Crippen molar-refractivity contribution in [2.45, 2.75) is 49.5 Å². The maximum absolute atomic E-state index is 13.2. The van der Waals surface area contributed by atoms with Gasteiger partial charge < -0.3 is 9.64 Å². The molecular formula is C24H28N2O4S. The van der Waals surface area contributed by atoms with Crippen LogP contribution in [0.4, 0.5) is 5.69 Å². The van der Waals surface area contributed by atoms with Crippen molar-refractivity contribution in [3.05, 3.63) is 59.2 Å². The third-order valence-electron chi connectivity index (χ3n) is 6.63. The van der Waals surface area contributed by atoms with Crippen molar-refractivity contribution < 1.29 is 17.9 Å². The number of hydrogen-bond acceptors (Lipinski definition) is 4. The number of aryl methyl sites for hydroxylation is 1. The molecule has 5 rings (SSSR count). The van der Waals surface area contributed by atoms with Crippen LogP contribution in [0.25, 0.3) is 0 Å². The molecule has 0 radical (unpaired) electrons. The summed E-state index contributed by atoms with van der Waals surface area (Å²) in [5.41, 5.74) is 4.12. The number of carbonyl (C=O) groups excluding carboxylic acids is 1. The van der Waals surface area contributed by atoms with Crippen LogP contribution in [0.1, 0.15) is 48.5 Å². The molecule has 0 bridgehead atoms. The van der Waals surface area contributed by atoms with Gasteiger partial charge in [-0.3, -0.25) is 4.79 Å². The molecule has 0 aromatic heterocycles. The van der Waals surface area contributed by atoms with E-state index in [1.54, 1.807) is 16.4 Å². The van der Waals surface area contributed by atoms with Gasteiger partial charge in [0, 0.05) is 25.3 Å². The number of fused-ring (bicyclic) bond motifs is 2. The van der Waals surface area contributed by atoms with E-state index in [1.165, 1.54) is 5.56 Å². The predicted molar refractivity (Wildman–Crippen MR) is 119 cm³/mol. The van der Waals surface area contributed by atoms with E-state index in [9.17, 15) is 13.2 Å². The van der Waals surface area contributed by atoms with Crippen molar-refractivity contribution in [1.82, 2.24) is 4.31 Å². The molecule has 3 heterocycles. The first-order chi connectivity index (χ1) is 15.0. The topological polar surface area (TPSA) is 66.9 Å². The van der Waals surface area contributed by atoms with E-state index in [2.05, 4.69) is 6.07 Å². The van der Waals surface area contributed by atoms with Crippen molar-refractivity contribution in [1.29, 1.82) is 0 Å². The van der Waals surface area contributed by atoms with Crippen LogP contribution in [0.2, 0.25) is 0 Å². The minimum Gasteiger partial charge on any atom is -0.373 e. The molecule has 3 aliphatic heterocycles. The quantitative estimate of drug-likeness (QED) is 0.730. The van der Waals surface area contributed by atoms with E-state index in [0.29, 0.717) is 37.6 Å². The zero-order valence-electron chi connectivity index (χ0n) is 17.6. The smallest absolute Gasteiger partial charge is 0.243 e. The summed E-state index contributed by atoms with van der Waals surface area (Å²) >= 11 is 0. The summed E-state index contributed by atoms with van der Waals surface area (Å²) in [4.78, 5) is 15.4. The summed E-state index contributed by atoms with van der Waals surface area (Å²) in [7, 11) is -3.46. The van der Waals surface area contributed by atoms with E-state index >= 15 is 0 Å². The van der Waals surface area contributed by atoms with Gasteiger partial charge in [-0.2, -0.15) is 4.31 Å². The van der Waals surface area contributed by atoms with Crippen LogP contribution >= 0.6 is 0 Å². The van der Waals surface area contributed by atoms with Gasteiger partial charge in [0.05, 0.1) is 24.0 Å². The van der Waals surface area contributed by atoms with Crippen molar-refractivity contribution >= 4 is 21.6 Å². The molecule has 2 aromatic rings. The molecular weight excluding hydrogens is 412 g/mol. The van der Waals surface area contributed by atoms with Crippen LogP contribution in [0.15, 0.2) is 47.4 Å². The summed E-state index contributed by atoms with van der Waals surface area (Å²) in [6, 6.07) is 13.4. The van der Waals surface area contributed by atoms with Gasteiger partial charge in [0.2, 0.25) is 15.9 Å². The van der Waals surface area contributed by atoms with Gasteiger partial charge in [-0.05, 0) is 67.0 Å². The van der Waals surface area contributed by atoms with Crippen LogP contribution in [-0.4, -0.2) is 44.9 Å². The lowest BCUT2D eigenvalue weighted by Gasteiger charge is -2.32. The molecule has 7 heteroatoms. The van der Waals surface area contributed by atoms with Gasteiger partial charge in [-0.15, -0.1) is 0 Å². The lowest BCUT2D eigenvalue weighted by atomic mass is 9.95. The van der Waals surface area contributed by atoms with E-state index in [1.807, 2.05) is 29.2 Å². The van der Waals surface area contributed by atoms with E-state index < -0.39 is 10.0 Å². The molecule has 1 saturated heterocycles. The fraction of sp³-hybridized carbons (Fsp3) is 0.458. The highest BCUT2D eigenvalue weighted by Gasteiger charge is 2.31. The highest BCUT2D eigenvalue weighted by Crippen LogP contribution is 2.34. The lowest BCUT2D eigenvalue weighted by molar-refractivity contribution is -0.122. The maximum atomic E-state index is 13.2. The standard InChI is InChI=1S/C24H28N2O4S/c27-24(17-23-21-8-2-1-6-18(21)11-15-30-23)26-14-5-7-19-16-20(9-10-22(19)26)31(28,29)25-12-3-4-13-25/h1-2,6,8-10,16,23H,3-5,7,11-15,17H2. The first-order valence-corrected chi connectivity index (χ1v) is 12.6. The second-order valence-electron chi connectivity index (χ2n) is 8.56. The van der Waals surface area contributed by atoms with Crippen molar-refractivity contribution in [2.24, 2.45) is 0 Å². The Morgan fingerprint density at radius 2 is 1.77 bits per heavy atom. The molecule has 0 N–H and O–H groups in total. The molecule has 1 atom stereocenters. The molecule has 0 aliphatic carbocycles. The number of ether oxygens (including phenoxy) is 1. The Balaban J connectivity index is 1.38. The van der Waals surface area contributed by atoms with Gasteiger partial charge >= 0.3 is 0 Å². The lowest BCUT2D eigenvalue weighted by Crippen LogP contribution is -2.37. The Labute approximate surface area is 183 Å². The second kappa shape index (κ2) is 8.37. The average Bonchev–Trinajstić information content (AvgIpc) is 3.34. The molecule has 3 aliphatic rings. The number of nitrogens with zero attached hydrogens (tertiary/aromatic N) is 2. The van der Waals surface area contributed by atoms with E-state index in [0.717, 1.165) is 48.9 Å². The monoisotopic (exact) mass is 440 g/mol. The number of rotatable bonds is 4. The third-order valence-corrected chi connectivity index (χ3v) is 8.52. The maximum Gasteiger partial charge on any atom is 0.243 e. The fourth-order valence-corrected chi connectivity index (χ4v) is 6.55. The summed E-state index contributed by atoms with van der Waals surface area (Å²) in [6.07, 6.45) is 4.39. The predicted octanol–water partition coefficient (Wildman–Crippen LogP) is 3.45. The number of amides is 1. The Kier molecular flexibility index (Phi) is 5.58. The Morgan fingerprint density at radius 1 is 0.968 bits per heavy atom. The summed E-state index contributed by atoms with van der Waals surface area (Å²) in [5.74, 6) is 0.0257. The van der Waals surface area contributed by atoms with Crippen LogP contribution in [-0.2, 0) is 32.4 Å². The number of anilines is 1. The van der Waals surface area contributed by atoms with Crippen LogP contribution in [0.5, 0.6) is 0 Å².